The van der Waals surface area contributed by atoms with Gasteiger partial charge >= 0.3 is 0 Å². The standard InChI is InChI=1S/C16H16BrF2NO/c1-2-11(20)9-12-13(18)4-3-5-15(12)21-16-8-10(17)6-7-14(16)19/h3-8,11H,2,9,20H2,1H3. The SMILES string of the molecule is CCC(N)Cc1c(F)cccc1Oc1cc(Br)ccc1F. The van der Waals surface area contributed by atoms with Crippen molar-refractivity contribution in [2.75, 3.05) is 0 Å². The highest BCUT2D eigenvalue weighted by molar-refractivity contribution is 9.10. The molecule has 0 spiro atoms. The van der Waals surface area contributed by atoms with Crippen LogP contribution in [0.1, 0.15) is 18.9 Å². The zero-order valence-corrected chi connectivity index (χ0v) is 13.2. The predicted molar refractivity (Wildman–Crippen MR) is 82.5 cm³/mol. The van der Waals surface area contributed by atoms with E-state index in [1.807, 2.05) is 6.92 Å². The van der Waals surface area contributed by atoms with Crippen molar-refractivity contribution in [2.24, 2.45) is 5.73 Å². The van der Waals surface area contributed by atoms with Crippen LogP contribution in [0, 0.1) is 11.6 Å². The van der Waals surface area contributed by atoms with Crippen molar-refractivity contribution in [1.29, 1.82) is 0 Å². The van der Waals surface area contributed by atoms with Crippen molar-refractivity contribution in [2.45, 2.75) is 25.8 Å². The molecular formula is C16H16BrF2NO. The van der Waals surface area contributed by atoms with Crippen molar-refractivity contribution in [3.63, 3.8) is 0 Å². The lowest BCUT2D eigenvalue weighted by Crippen LogP contribution is -2.22. The van der Waals surface area contributed by atoms with Crippen LogP contribution in [0.25, 0.3) is 0 Å². The van der Waals surface area contributed by atoms with Crippen molar-refractivity contribution < 1.29 is 13.5 Å². The van der Waals surface area contributed by atoms with E-state index in [0.717, 1.165) is 6.42 Å². The molecule has 0 aliphatic rings. The fourth-order valence-corrected chi connectivity index (χ4v) is 2.25. The Kier molecular flexibility index (Phi) is 5.31. The lowest BCUT2D eigenvalue weighted by atomic mass is 10.0. The summed E-state index contributed by atoms with van der Waals surface area (Å²) < 4.78 is 34.0. The van der Waals surface area contributed by atoms with Crippen molar-refractivity contribution >= 4 is 15.9 Å². The van der Waals surface area contributed by atoms with Crippen LogP contribution in [-0.2, 0) is 6.42 Å². The molecule has 0 aliphatic carbocycles. The van der Waals surface area contributed by atoms with Crippen LogP contribution >= 0.6 is 15.9 Å². The van der Waals surface area contributed by atoms with E-state index >= 15 is 0 Å². The zero-order chi connectivity index (χ0) is 15.4. The smallest absolute Gasteiger partial charge is 0.165 e. The minimum absolute atomic E-state index is 0.0429. The average Bonchev–Trinajstić information content (AvgIpc) is 2.46. The lowest BCUT2D eigenvalue weighted by molar-refractivity contribution is 0.429. The predicted octanol–water partition coefficient (Wildman–Crippen LogP) is 4.80. The van der Waals surface area contributed by atoms with E-state index in [4.69, 9.17) is 10.5 Å². The number of hydrogen-bond acceptors (Lipinski definition) is 2. The maximum atomic E-state index is 14.0. The Balaban J connectivity index is 2.35. The highest BCUT2D eigenvalue weighted by Gasteiger charge is 2.15. The van der Waals surface area contributed by atoms with E-state index in [9.17, 15) is 8.78 Å². The third-order valence-electron chi connectivity index (χ3n) is 3.18. The van der Waals surface area contributed by atoms with Gasteiger partial charge in [-0.25, -0.2) is 8.78 Å². The zero-order valence-electron chi connectivity index (χ0n) is 11.6. The second-order valence-electron chi connectivity index (χ2n) is 4.77. The van der Waals surface area contributed by atoms with Crippen LogP contribution in [0.15, 0.2) is 40.9 Å². The summed E-state index contributed by atoms with van der Waals surface area (Å²) in [5, 5.41) is 0. The Morgan fingerprint density at radius 1 is 1.14 bits per heavy atom. The highest BCUT2D eigenvalue weighted by Crippen LogP contribution is 2.31. The Morgan fingerprint density at radius 2 is 1.90 bits per heavy atom. The van der Waals surface area contributed by atoms with Gasteiger partial charge in [0, 0.05) is 16.1 Å². The fraction of sp³-hybridized carbons (Fsp3) is 0.250. The van der Waals surface area contributed by atoms with Crippen LogP contribution in [0.5, 0.6) is 11.5 Å². The lowest BCUT2D eigenvalue weighted by Gasteiger charge is -2.15. The largest absolute Gasteiger partial charge is 0.454 e. The number of hydrogen-bond donors (Lipinski definition) is 1. The summed E-state index contributed by atoms with van der Waals surface area (Å²) in [5.41, 5.74) is 6.25. The monoisotopic (exact) mass is 355 g/mol. The Morgan fingerprint density at radius 3 is 2.62 bits per heavy atom. The van der Waals surface area contributed by atoms with E-state index in [0.29, 0.717) is 16.5 Å². The van der Waals surface area contributed by atoms with E-state index in [-0.39, 0.29) is 17.5 Å². The maximum Gasteiger partial charge on any atom is 0.165 e. The number of nitrogens with two attached hydrogens (primary N) is 1. The number of halogens is 3. The first-order valence-electron chi connectivity index (χ1n) is 6.67. The van der Waals surface area contributed by atoms with Crippen LogP contribution in [0.4, 0.5) is 8.78 Å². The van der Waals surface area contributed by atoms with Gasteiger partial charge < -0.3 is 10.5 Å². The normalized spacial score (nSPS) is 12.2. The first-order chi connectivity index (χ1) is 10.0. The molecule has 2 aromatic carbocycles. The summed E-state index contributed by atoms with van der Waals surface area (Å²) in [5.74, 6) is -0.572. The van der Waals surface area contributed by atoms with Crippen LogP contribution in [0.3, 0.4) is 0 Å². The van der Waals surface area contributed by atoms with Crippen LogP contribution in [0.2, 0.25) is 0 Å². The highest BCUT2D eigenvalue weighted by atomic mass is 79.9. The molecule has 1 atom stereocenters. The maximum absolute atomic E-state index is 14.0. The molecule has 0 amide bonds. The molecular weight excluding hydrogens is 340 g/mol. The molecule has 2 N–H and O–H groups in total. The van der Waals surface area contributed by atoms with Crippen molar-refractivity contribution in [3.05, 3.63) is 58.1 Å². The molecule has 0 bridgehead atoms. The second kappa shape index (κ2) is 7.00. The van der Waals surface area contributed by atoms with Crippen LogP contribution < -0.4 is 10.5 Å². The van der Waals surface area contributed by atoms with Gasteiger partial charge in [-0.2, -0.15) is 0 Å². The molecule has 0 saturated carbocycles. The average molecular weight is 356 g/mol. The van der Waals surface area contributed by atoms with E-state index in [1.165, 1.54) is 24.3 Å². The summed E-state index contributed by atoms with van der Waals surface area (Å²) in [6.45, 7) is 1.93. The van der Waals surface area contributed by atoms with Gasteiger partial charge in [0.2, 0.25) is 0 Å². The molecule has 0 fully saturated rings. The van der Waals surface area contributed by atoms with Gasteiger partial charge in [0.05, 0.1) is 0 Å². The fourth-order valence-electron chi connectivity index (χ4n) is 1.91. The first kappa shape index (κ1) is 15.9. The van der Waals surface area contributed by atoms with Gasteiger partial charge in [0.25, 0.3) is 0 Å². The summed E-state index contributed by atoms with van der Waals surface area (Å²) in [6.07, 6.45) is 1.06. The Bertz CT molecular complexity index is 634. The molecule has 0 heterocycles. The minimum atomic E-state index is -0.506. The third kappa shape index (κ3) is 4.02. The molecule has 2 nitrogen and oxygen atoms in total. The van der Waals surface area contributed by atoms with Crippen molar-refractivity contribution in [3.8, 4) is 11.5 Å². The second-order valence-corrected chi connectivity index (χ2v) is 5.68. The van der Waals surface area contributed by atoms with Gasteiger partial charge in [-0.05, 0) is 43.2 Å². The number of rotatable bonds is 5. The van der Waals surface area contributed by atoms with Gasteiger partial charge in [0.1, 0.15) is 11.6 Å². The van der Waals surface area contributed by atoms with Crippen LogP contribution in [-0.4, -0.2) is 6.04 Å². The molecule has 5 heteroatoms. The van der Waals surface area contributed by atoms with E-state index in [2.05, 4.69) is 15.9 Å². The van der Waals surface area contributed by atoms with E-state index < -0.39 is 11.6 Å². The van der Waals surface area contributed by atoms with Gasteiger partial charge in [-0.3, -0.25) is 0 Å². The van der Waals surface area contributed by atoms with Gasteiger partial charge in [-0.1, -0.05) is 28.9 Å². The molecule has 21 heavy (non-hydrogen) atoms. The van der Waals surface area contributed by atoms with E-state index in [1.54, 1.807) is 12.1 Å². The van der Waals surface area contributed by atoms with Gasteiger partial charge in [0.15, 0.2) is 11.6 Å². The molecule has 0 saturated heterocycles. The molecule has 112 valence electrons. The number of ether oxygens (including phenoxy) is 1. The molecule has 1 unspecified atom stereocenters. The topological polar surface area (TPSA) is 35.2 Å². The Labute approximate surface area is 131 Å². The summed E-state index contributed by atoms with van der Waals surface area (Å²) >= 11 is 3.25. The molecule has 0 aliphatic heterocycles. The molecule has 2 aromatic rings. The molecule has 0 radical (unpaired) electrons. The molecule has 2 rings (SSSR count). The summed E-state index contributed by atoms with van der Waals surface area (Å²) in [4.78, 5) is 0. The minimum Gasteiger partial charge on any atom is -0.454 e. The molecule has 0 aromatic heterocycles. The first-order valence-corrected chi connectivity index (χ1v) is 7.46. The summed E-state index contributed by atoms with van der Waals surface area (Å²) in [6, 6.07) is 8.68. The quantitative estimate of drug-likeness (QED) is 0.835. The summed E-state index contributed by atoms with van der Waals surface area (Å²) in [7, 11) is 0. The third-order valence-corrected chi connectivity index (χ3v) is 3.67. The van der Waals surface area contributed by atoms with Crippen molar-refractivity contribution in [1.82, 2.24) is 0 Å². The Hall–Kier alpha value is -1.46. The van der Waals surface area contributed by atoms with Gasteiger partial charge in [-0.15, -0.1) is 0 Å². The number of benzene rings is 2.